The molecule has 0 atom stereocenters. The first-order valence-corrected chi connectivity index (χ1v) is 5.71. The number of nitrogens with zero attached hydrogens (tertiary/aromatic N) is 1. The van der Waals surface area contributed by atoms with Crippen LogP contribution in [0.15, 0.2) is 12.1 Å². The lowest BCUT2D eigenvalue weighted by Gasteiger charge is -2.13. The SMILES string of the molecule is CCOC(=O)Cc1cc(C#N)c(OC(F)(F)F)cc1C. The molecule has 0 radical (unpaired) electrons. The van der Waals surface area contributed by atoms with Crippen molar-refractivity contribution in [2.24, 2.45) is 0 Å². The highest BCUT2D eigenvalue weighted by Crippen LogP contribution is 2.29. The molecule has 0 aliphatic carbocycles. The predicted molar refractivity (Wildman–Crippen MR) is 62.9 cm³/mol. The van der Waals surface area contributed by atoms with E-state index in [1.807, 2.05) is 0 Å². The minimum absolute atomic E-state index is 0.110. The molecular formula is C13H12F3NO3. The van der Waals surface area contributed by atoms with E-state index in [-0.39, 0.29) is 18.6 Å². The van der Waals surface area contributed by atoms with Gasteiger partial charge in [-0.3, -0.25) is 4.79 Å². The quantitative estimate of drug-likeness (QED) is 0.799. The molecule has 20 heavy (non-hydrogen) atoms. The zero-order chi connectivity index (χ0) is 15.3. The van der Waals surface area contributed by atoms with Gasteiger partial charge in [-0.2, -0.15) is 5.26 Å². The molecule has 0 aliphatic heterocycles. The molecule has 4 nitrogen and oxygen atoms in total. The smallest absolute Gasteiger partial charge is 0.466 e. The van der Waals surface area contributed by atoms with Gasteiger partial charge in [-0.1, -0.05) is 0 Å². The van der Waals surface area contributed by atoms with Gasteiger partial charge in [0.15, 0.2) is 0 Å². The van der Waals surface area contributed by atoms with Gasteiger partial charge in [0.25, 0.3) is 0 Å². The Morgan fingerprint density at radius 1 is 1.40 bits per heavy atom. The highest BCUT2D eigenvalue weighted by molar-refractivity contribution is 5.73. The first-order chi connectivity index (χ1) is 9.26. The van der Waals surface area contributed by atoms with Crippen molar-refractivity contribution in [2.45, 2.75) is 26.6 Å². The monoisotopic (exact) mass is 287 g/mol. The van der Waals surface area contributed by atoms with Gasteiger partial charge in [0.05, 0.1) is 18.6 Å². The summed E-state index contributed by atoms with van der Waals surface area (Å²) in [5.74, 6) is -1.09. The number of hydrogen-bond donors (Lipinski definition) is 0. The van der Waals surface area contributed by atoms with Crippen molar-refractivity contribution >= 4 is 5.97 Å². The number of benzene rings is 1. The van der Waals surface area contributed by atoms with Crippen LogP contribution in [-0.4, -0.2) is 18.9 Å². The molecule has 108 valence electrons. The summed E-state index contributed by atoms with van der Waals surface area (Å²) in [6.45, 7) is 3.38. The third-order valence-corrected chi connectivity index (χ3v) is 2.42. The topological polar surface area (TPSA) is 59.3 Å². The van der Waals surface area contributed by atoms with E-state index in [1.165, 1.54) is 13.0 Å². The molecule has 0 saturated carbocycles. The number of nitriles is 1. The number of carbonyl (C=O) groups is 1. The number of esters is 1. The molecule has 0 bridgehead atoms. The summed E-state index contributed by atoms with van der Waals surface area (Å²) in [7, 11) is 0. The summed E-state index contributed by atoms with van der Waals surface area (Å²) in [5.41, 5.74) is 0.554. The van der Waals surface area contributed by atoms with Crippen LogP contribution >= 0.6 is 0 Å². The van der Waals surface area contributed by atoms with Gasteiger partial charge in [-0.05, 0) is 37.1 Å². The largest absolute Gasteiger partial charge is 0.573 e. The van der Waals surface area contributed by atoms with Crippen LogP contribution < -0.4 is 4.74 Å². The lowest BCUT2D eigenvalue weighted by Crippen LogP contribution is -2.18. The normalized spacial score (nSPS) is 10.8. The van der Waals surface area contributed by atoms with Crippen LogP contribution in [0.2, 0.25) is 0 Å². The lowest BCUT2D eigenvalue weighted by molar-refractivity contribution is -0.274. The number of aryl methyl sites for hydroxylation is 1. The van der Waals surface area contributed by atoms with E-state index in [0.717, 1.165) is 6.07 Å². The van der Waals surface area contributed by atoms with Gasteiger partial charge in [-0.25, -0.2) is 0 Å². The lowest BCUT2D eigenvalue weighted by atomic mass is 10.0. The second kappa shape index (κ2) is 6.28. The Bertz CT molecular complexity index is 547. The van der Waals surface area contributed by atoms with Crippen molar-refractivity contribution in [2.75, 3.05) is 6.61 Å². The number of rotatable bonds is 4. The molecule has 0 fully saturated rings. The Hall–Kier alpha value is -2.23. The Balaban J connectivity index is 3.08. The van der Waals surface area contributed by atoms with E-state index in [2.05, 4.69) is 4.74 Å². The van der Waals surface area contributed by atoms with E-state index in [4.69, 9.17) is 10.00 Å². The first-order valence-electron chi connectivity index (χ1n) is 5.71. The van der Waals surface area contributed by atoms with Gasteiger partial charge in [0.1, 0.15) is 11.8 Å². The van der Waals surface area contributed by atoms with Crippen molar-refractivity contribution in [3.8, 4) is 11.8 Å². The summed E-state index contributed by atoms with van der Waals surface area (Å²) in [4.78, 5) is 11.4. The number of carbonyl (C=O) groups excluding carboxylic acids is 1. The zero-order valence-electron chi connectivity index (χ0n) is 10.9. The molecule has 0 unspecified atom stereocenters. The van der Waals surface area contributed by atoms with Crippen molar-refractivity contribution in [1.82, 2.24) is 0 Å². The maximum atomic E-state index is 12.2. The Morgan fingerprint density at radius 2 is 2.05 bits per heavy atom. The van der Waals surface area contributed by atoms with Crippen LogP contribution in [0.1, 0.15) is 23.6 Å². The zero-order valence-corrected chi connectivity index (χ0v) is 10.9. The highest BCUT2D eigenvalue weighted by atomic mass is 19.4. The van der Waals surface area contributed by atoms with E-state index < -0.39 is 18.1 Å². The first kappa shape index (κ1) is 15.8. The van der Waals surface area contributed by atoms with Crippen molar-refractivity contribution < 1.29 is 27.4 Å². The molecule has 0 heterocycles. The van der Waals surface area contributed by atoms with E-state index in [0.29, 0.717) is 11.1 Å². The van der Waals surface area contributed by atoms with E-state index in [9.17, 15) is 18.0 Å². The van der Waals surface area contributed by atoms with Crippen LogP contribution in [0.5, 0.6) is 5.75 Å². The average molecular weight is 287 g/mol. The summed E-state index contributed by atoms with van der Waals surface area (Å²) in [6.07, 6.45) is -4.98. The number of ether oxygens (including phenoxy) is 2. The Kier molecular flexibility index (Phi) is 4.97. The summed E-state index contributed by atoms with van der Waals surface area (Å²) < 4.78 is 45.1. The van der Waals surface area contributed by atoms with E-state index >= 15 is 0 Å². The van der Waals surface area contributed by atoms with Gasteiger partial charge in [-0.15, -0.1) is 13.2 Å². The minimum atomic E-state index is -4.87. The molecule has 0 spiro atoms. The van der Waals surface area contributed by atoms with E-state index in [1.54, 1.807) is 13.0 Å². The summed E-state index contributed by atoms with van der Waals surface area (Å²) in [5, 5.41) is 8.85. The second-order valence-corrected chi connectivity index (χ2v) is 3.92. The van der Waals surface area contributed by atoms with Gasteiger partial charge in [0.2, 0.25) is 0 Å². The number of hydrogen-bond acceptors (Lipinski definition) is 4. The molecule has 0 aliphatic rings. The maximum absolute atomic E-state index is 12.2. The maximum Gasteiger partial charge on any atom is 0.573 e. The molecule has 0 saturated heterocycles. The fraction of sp³-hybridized carbons (Fsp3) is 0.385. The number of alkyl halides is 3. The molecule has 1 aromatic carbocycles. The summed E-state index contributed by atoms with van der Waals surface area (Å²) in [6, 6.07) is 3.90. The molecule has 7 heteroatoms. The van der Waals surface area contributed by atoms with Crippen LogP contribution in [0, 0.1) is 18.3 Å². The third-order valence-electron chi connectivity index (χ3n) is 2.42. The fourth-order valence-electron chi connectivity index (χ4n) is 1.58. The average Bonchev–Trinajstić information content (AvgIpc) is 2.31. The molecular weight excluding hydrogens is 275 g/mol. The third kappa shape index (κ3) is 4.46. The standard InChI is InChI=1S/C13H12F3NO3/c1-3-19-12(18)6-9-5-10(7-17)11(4-8(9)2)20-13(14,15)16/h4-5H,3,6H2,1-2H3. The Labute approximate surface area is 113 Å². The van der Waals surface area contributed by atoms with Crippen LogP contribution in [-0.2, 0) is 16.0 Å². The van der Waals surface area contributed by atoms with Crippen LogP contribution in [0.4, 0.5) is 13.2 Å². The molecule has 1 aromatic rings. The number of halogens is 3. The molecule has 0 N–H and O–H groups in total. The molecule has 1 rings (SSSR count). The molecule has 0 amide bonds. The molecule has 0 aromatic heterocycles. The summed E-state index contributed by atoms with van der Waals surface area (Å²) >= 11 is 0. The Morgan fingerprint density at radius 3 is 2.55 bits per heavy atom. The second-order valence-electron chi connectivity index (χ2n) is 3.92. The van der Waals surface area contributed by atoms with Crippen molar-refractivity contribution in [3.05, 3.63) is 28.8 Å². The fourth-order valence-corrected chi connectivity index (χ4v) is 1.58. The van der Waals surface area contributed by atoms with Crippen LogP contribution in [0.3, 0.4) is 0 Å². The predicted octanol–water partition coefficient (Wildman–Crippen LogP) is 2.87. The van der Waals surface area contributed by atoms with Gasteiger partial charge in [0, 0.05) is 0 Å². The highest BCUT2D eigenvalue weighted by Gasteiger charge is 2.32. The van der Waals surface area contributed by atoms with Gasteiger partial charge >= 0.3 is 12.3 Å². The van der Waals surface area contributed by atoms with Crippen LogP contribution in [0.25, 0.3) is 0 Å². The van der Waals surface area contributed by atoms with Crippen molar-refractivity contribution in [1.29, 1.82) is 5.26 Å². The minimum Gasteiger partial charge on any atom is -0.466 e. The van der Waals surface area contributed by atoms with Gasteiger partial charge < -0.3 is 9.47 Å². The van der Waals surface area contributed by atoms with Crippen molar-refractivity contribution in [3.63, 3.8) is 0 Å².